The van der Waals surface area contributed by atoms with E-state index in [-0.39, 0.29) is 204 Å². The first-order valence-electron chi connectivity index (χ1n) is 52.2. The van der Waals surface area contributed by atoms with Crippen LogP contribution in [0.1, 0.15) is 212 Å². The van der Waals surface area contributed by atoms with Crippen molar-refractivity contribution in [3.8, 4) is 5.75 Å². The normalized spacial score (nSPS) is 24.5. The molecule has 14 unspecified atom stereocenters. The second kappa shape index (κ2) is 63.7. The number of carboxylic acids is 1. The highest BCUT2D eigenvalue weighted by Crippen LogP contribution is 2.68. The van der Waals surface area contributed by atoms with Crippen LogP contribution in [0.25, 0.3) is 5.57 Å². The fraction of sp³-hybridized carbons (Fsp3) is 0.733. The van der Waals surface area contributed by atoms with E-state index in [2.05, 4.69) is 49.3 Å². The number of rotatable bonds is 61. The van der Waals surface area contributed by atoms with Crippen molar-refractivity contribution >= 4 is 94.3 Å². The number of benzene rings is 2. The van der Waals surface area contributed by atoms with Crippen molar-refractivity contribution in [1.29, 1.82) is 0 Å². The van der Waals surface area contributed by atoms with Gasteiger partial charge in [0.15, 0.2) is 30.8 Å². The van der Waals surface area contributed by atoms with Gasteiger partial charge in [0.2, 0.25) is 29.5 Å². The van der Waals surface area contributed by atoms with E-state index in [1.165, 1.54) is 66.2 Å². The van der Waals surface area contributed by atoms with Crippen molar-refractivity contribution in [2.24, 2.45) is 11.3 Å². The van der Waals surface area contributed by atoms with Gasteiger partial charge >= 0.3 is 35.8 Å². The quantitative estimate of drug-likeness (QED) is 0.0113. The Labute approximate surface area is 883 Å². The summed E-state index contributed by atoms with van der Waals surface area (Å²) in [4.78, 5) is 158. The van der Waals surface area contributed by atoms with E-state index in [1.807, 2.05) is 83.8 Å². The van der Waals surface area contributed by atoms with E-state index < -0.39 is 136 Å². The predicted molar refractivity (Wildman–Crippen MR) is 547 cm³/mol. The third kappa shape index (κ3) is 34.0. The van der Waals surface area contributed by atoms with Crippen molar-refractivity contribution < 1.29 is 175 Å². The molecule has 2 bridgehead atoms. The molecule has 20 atom stereocenters. The zero-order valence-corrected chi connectivity index (χ0v) is 90.7. The van der Waals surface area contributed by atoms with Gasteiger partial charge < -0.3 is 143 Å². The van der Waals surface area contributed by atoms with Gasteiger partial charge in [-0.3, -0.25) is 67.4 Å². The number of carbonyl (C=O) groups is 12. The van der Waals surface area contributed by atoms with Crippen LogP contribution >= 0.6 is 11.8 Å². The molecule has 2 aromatic rings. The van der Waals surface area contributed by atoms with Crippen LogP contribution in [0.2, 0.25) is 0 Å². The Morgan fingerprint density at radius 3 is 1.70 bits per heavy atom. The molecular weight excluding hydrogens is 1980 g/mol. The predicted octanol–water partition coefficient (Wildman–Crippen LogP) is 3.48. The Kier molecular flexibility index (Phi) is 54.3. The van der Waals surface area contributed by atoms with E-state index in [4.69, 9.17) is 91.5 Å². The van der Waals surface area contributed by atoms with Gasteiger partial charge in [0.25, 0.3) is 5.91 Å². The number of aliphatic hydroxyl groups is 8. The van der Waals surface area contributed by atoms with E-state index in [1.54, 1.807) is 7.11 Å². The number of anilines is 1. The molecule has 2 aliphatic carbocycles. The number of hydrogen-bond donors (Lipinski definition) is 13. The largest absolute Gasteiger partial charge is 0.496 e. The van der Waals surface area contributed by atoms with Crippen molar-refractivity contribution in [3.63, 3.8) is 0 Å². The highest BCUT2D eigenvalue weighted by Gasteiger charge is 2.79. The number of nitrogens with one attached hydrogen (secondary N) is 4. The summed E-state index contributed by atoms with van der Waals surface area (Å²) in [5.41, 5.74) is -0.330. The Hall–Kier alpha value is -9.05. The molecule has 10 rings (SSSR count). The van der Waals surface area contributed by atoms with Crippen molar-refractivity contribution in [1.82, 2.24) is 36.0 Å². The second-order valence-corrected chi connectivity index (χ2v) is 39.8. The molecule has 8 aliphatic rings. The van der Waals surface area contributed by atoms with Crippen LogP contribution in [0.4, 0.5) is 5.69 Å². The van der Waals surface area contributed by atoms with E-state index in [9.17, 15) is 73.5 Å². The van der Waals surface area contributed by atoms with Gasteiger partial charge in [-0.25, -0.2) is 4.79 Å². The third-order valence-electron chi connectivity index (χ3n) is 29.0. The van der Waals surface area contributed by atoms with Crippen LogP contribution in [0.3, 0.4) is 0 Å². The Bertz CT molecular complexity index is 4680. The average molecular weight is 2150 g/mol. The lowest BCUT2D eigenvalue weighted by molar-refractivity contribution is -0.203. The fourth-order valence-corrected chi connectivity index (χ4v) is 22.0. The number of carboxylic acid groups (broad SMARTS) is 1. The molecule has 4 fully saturated rings. The lowest BCUT2D eigenvalue weighted by atomic mass is 9.47. The van der Waals surface area contributed by atoms with Gasteiger partial charge in [0.1, 0.15) is 43.1 Å². The fourth-order valence-electron chi connectivity index (χ4n) is 21.0. The maximum atomic E-state index is 15.6. The van der Waals surface area contributed by atoms with Gasteiger partial charge in [0.05, 0.1) is 115 Å². The van der Waals surface area contributed by atoms with Crippen LogP contribution in [0.5, 0.6) is 5.75 Å². The summed E-state index contributed by atoms with van der Waals surface area (Å²) in [7, 11) is 12.1. The average Bonchev–Trinajstić information content (AvgIpc) is 1.47. The number of aliphatic hydroxyl groups excluding tert-OH is 6. The number of amides is 6. The molecule has 150 heavy (non-hydrogen) atoms. The molecule has 1 saturated carbocycles. The lowest BCUT2D eigenvalue weighted by Crippen LogP contribution is -2.81. The number of esters is 5. The number of thioether (sulfide) groups is 1. The zero-order chi connectivity index (χ0) is 111. The summed E-state index contributed by atoms with van der Waals surface area (Å²) in [6, 6.07) is 10.0. The Morgan fingerprint density at radius 2 is 1.17 bits per heavy atom. The molecule has 6 amide bonds. The number of fused-ring (bicyclic) bond motifs is 5. The summed E-state index contributed by atoms with van der Waals surface area (Å²) in [6.45, 7) is 15.7. The van der Waals surface area contributed by atoms with Gasteiger partial charge in [-0.15, -0.1) is 11.8 Å². The molecule has 1 spiro atoms. The molecule has 848 valence electrons. The lowest BCUT2D eigenvalue weighted by Gasteiger charge is -2.63. The number of imide groups is 1. The van der Waals surface area contributed by atoms with Crippen LogP contribution in [-0.2, 0) is 141 Å². The number of ether oxygens (including phenoxy) is 15. The number of nitrogens with zero attached hydrogens (tertiary/aromatic N) is 4. The highest BCUT2D eigenvalue weighted by atomic mass is 32.2. The number of likely N-dealkylation sites (tertiary alicyclic amines) is 1. The molecule has 6 heterocycles. The van der Waals surface area contributed by atoms with Crippen molar-refractivity contribution in [3.05, 3.63) is 76.4 Å². The van der Waals surface area contributed by atoms with E-state index in [0.29, 0.717) is 139 Å². The third-order valence-corrected chi connectivity index (χ3v) is 30.2. The summed E-state index contributed by atoms with van der Waals surface area (Å²) >= 11 is 1.31. The topological polar surface area (TPSA) is 586 Å². The molecule has 0 radical (unpaired) electrons. The summed E-state index contributed by atoms with van der Waals surface area (Å²) < 4.78 is 80.0. The SMILES string of the molecule is CCC(CO)OC(CO)OC.CCC(CO)OC(COC(=O)CCCC(=O)NCCSC1CC(=O)N(CCOCCC(=O)NC)C1=O)OC.CCC(CO)OC(COC(=O)CCCC(=O)N[C@H](C)C(=O)OCCCNC(=O)[C@]1(O)C2N(C)c3cc(OC)c([C@@]4(C(=O)OC)C[C@@H]5CN(CCC6=C4Cc4ccccc46)CC(O)(CC)C5)cc3C23CCN2CC=C[C@](CC)(C23)[C@H]1O)OC.CCC(CO)OC(COC(=O)CCCC(=O)O)OC. The molecule has 6 aliphatic heterocycles. The summed E-state index contributed by atoms with van der Waals surface area (Å²) in [5, 5.41) is 102. The van der Waals surface area contributed by atoms with Crippen LogP contribution in [0.15, 0.2) is 54.1 Å². The maximum Gasteiger partial charge on any atom is 0.328 e. The highest BCUT2D eigenvalue weighted by molar-refractivity contribution is 8.00. The Balaban J connectivity index is 0.000000365. The number of methoxy groups -OCH3 is 6. The molecule has 3 saturated heterocycles. The first-order chi connectivity index (χ1) is 71.8. The van der Waals surface area contributed by atoms with Crippen molar-refractivity contribution in [2.45, 2.75) is 297 Å². The minimum absolute atomic E-state index is 0.0258. The monoisotopic (exact) mass is 2150 g/mol. The second-order valence-electron chi connectivity index (χ2n) is 38.5. The number of piperidine rings is 1. The first kappa shape index (κ1) is 128. The molecule has 44 nitrogen and oxygen atoms in total. The van der Waals surface area contributed by atoms with E-state index in [0.717, 1.165) is 27.8 Å². The maximum absolute atomic E-state index is 15.6. The zero-order valence-electron chi connectivity index (χ0n) is 89.9. The van der Waals surface area contributed by atoms with Crippen molar-refractivity contribution in [2.75, 3.05) is 192 Å². The van der Waals surface area contributed by atoms with E-state index >= 15 is 9.59 Å². The summed E-state index contributed by atoms with van der Waals surface area (Å²) in [6.07, 6.45) is 5.16. The standard InChI is InChI=1S/C62H87N5O15.C24H41N3O10S.C12H22O7.C7H16O4/c1-9-41(35-68)82-51(78-7)36-81-50(70)20-14-19-49(69)64-38(4)52(71)80-28-16-24-63-56(73)62(76)54-60(23-27-67-25-15-22-59(11-3,53(60)67)55(62)72)45-30-46(48(77-6)31-47(45)65(54)5)61(57(74)79-8)33-39-32-58(75,10-2)37-66(34-39)26-21-43-42-18-13-12-17-40(42)29-44(43)61;1-4-17(15-28)37-23(34-3)16-36-22(32)7-5-6-20(30)26-9-13-38-18-14-21(31)27(24(18)33)10-12-35-11-8-19(29)25-2;1-3-9(7-13)19-12(17-2)8-18-11(16)6-4-5-10(14)15;1-3-6(4-8)11-7(5-9)10-2/h12-13,15,17-18,22,30-31,38-39,41,51,53-55,68,72,75-76H,9-11,14,16,19-21,23-29,32-37H2,1-8H3,(H,63,73)(H,64,69);17-18,23,28H,4-16H2,1-3H3,(H,25,29)(H,26,30);9,12-13H,3-8H2,1-2H3,(H,14,15);6-9H,3-5H2,1-2H3/t38-,39-,41?,51?,53?,54?,55-,58?,59-,60?,61-,62+;;;/m1.../s1. The van der Waals surface area contributed by atoms with Gasteiger partial charge in [0, 0.05) is 173 Å². The number of aliphatic carboxylic acids is 1. The molecule has 45 heteroatoms. The van der Waals surface area contributed by atoms with Crippen LogP contribution in [0, 0.1) is 11.3 Å². The molecular formula is C105H166N8O36S. The van der Waals surface area contributed by atoms with Gasteiger partial charge in [-0.05, 0) is 150 Å². The molecule has 13 N–H and O–H groups in total. The van der Waals surface area contributed by atoms with Crippen LogP contribution in [-0.4, -0.2) is 410 Å². The summed E-state index contributed by atoms with van der Waals surface area (Å²) in [5.74, 6) is -4.97. The number of hydrogen-bond acceptors (Lipinski definition) is 39. The van der Waals surface area contributed by atoms with Crippen LogP contribution < -0.4 is 30.9 Å². The molecule has 0 aromatic heterocycles. The van der Waals surface area contributed by atoms with Gasteiger partial charge in [-0.2, -0.15) is 0 Å². The minimum atomic E-state index is -2.41. The van der Waals surface area contributed by atoms with Gasteiger partial charge in [-0.1, -0.05) is 78.0 Å². The Morgan fingerprint density at radius 1 is 0.607 bits per heavy atom. The first-order valence-corrected chi connectivity index (χ1v) is 53.2. The smallest absolute Gasteiger partial charge is 0.328 e. The number of likely N-dealkylation sites (N-methyl/N-ethyl adjacent to an activating group) is 1. The number of carbonyl (C=O) groups excluding carboxylic acids is 11. The molecule has 2 aromatic carbocycles. The minimum Gasteiger partial charge on any atom is -0.496 e.